The van der Waals surface area contributed by atoms with Crippen molar-refractivity contribution >= 4 is 11.0 Å². The number of fused-ring (bicyclic) bond motifs is 3. The first kappa shape index (κ1) is 22.7. The van der Waals surface area contributed by atoms with E-state index in [0.717, 1.165) is 57.1 Å². The van der Waals surface area contributed by atoms with Gasteiger partial charge in [-0.25, -0.2) is 0 Å². The van der Waals surface area contributed by atoms with Crippen LogP contribution in [0.5, 0.6) is 23.0 Å². The second-order valence-electron chi connectivity index (χ2n) is 8.62. The summed E-state index contributed by atoms with van der Waals surface area (Å²) in [6, 6.07) is 10.8. The topological polar surface area (TPSA) is 73.6 Å². The van der Waals surface area contributed by atoms with Gasteiger partial charge in [-0.1, -0.05) is 12.1 Å². The highest BCUT2D eigenvalue weighted by Gasteiger charge is 2.24. The fourth-order valence-corrected chi connectivity index (χ4v) is 4.52. The molecule has 1 aromatic heterocycles. The molecule has 5 rings (SSSR count). The zero-order valence-electron chi connectivity index (χ0n) is 19.7. The van der Waals surface area contributed by atoms with Gasteiger partial charge >= 0.3 is 0 Å². The summed E-state index contributed by atoms with van der Waals surface area (Å²) in [4.78, 5) is 18.1. The summed E-state index contributed by atoms with van der Waals surface area (Å²) in [6.07, 6.45) is 1.04. The van der Waals surface area contributed by atoms with E-state index in [1.165, 1.54) is 0 Å². The molecule has 2 aliphatic heterocycles. The number of aryl methyl sites for hydroxylation is 1. The highest BCUT2D eigenvalue weighted by molar-refractivity contribution is 5.83. The van der Waals surface area contributed by atoms with Crippen molar-refractivity contribution in [1.82, 2.24) is 9.80 Å². The van der Waals surface area contributed by atoms with Crippen LogP contribution in [-0.4, -0.2) is 63.0 Å². The van der Waals surface area contributed by atoms with Gasteiger partial charge in [0.05, 0.1) is 31.3 Å². The smallest absolute Gasteiger partial charge is 0.235 e. The molecule has 0 N–H and O–H groups in total. The van der Waals surface area contributed by atoms with Crippen LogP contribution in [0, 0.1) is 6.92 Å². The van der Waals surface area contributed by atoms with Gasteiger partial charge in [-0.3, -0.25) is 14.6 Å². The van der Waals surface area contributed by atoms with Crippen LogP contribution in [-0.2, 0) is 11.3 Å². The van der Waals surface area contributed by atoms with Crippen molar-refractivity contribution in [3.05, 3.63) is 57.9 Å². The van der Waals surface area contributed by atoms with Gasteiger partial charge in [-0.15, -0.1) is 0 Å². The van der Waals surface area contributed by atoms with E-state index >= 15 is 0 Å². The molecule has 34 heavy (non-hydrogen) atoms. The Morgan fingerprint density at radius 3 is 2.56 bits per heavy atom. The molecule has 0 aliphatic carbocycles. The Morgan fingerprint density at radius 2 is 1.76 bits per heavy atom. The van der Waals surface area contributed by atoms with Crippen LogP contribution in [0.4, 0.5) is 0 Å². The van der Waals surface area contributed by atoms with Gasteiger partial charge in [-0.05, 0) is 44.2 Å². The van der Waals surface area contributed by atoms with Gasteiger partial charge in [0.25, 0.3) is 0 Å². The SMILES string of the molecule is COc1ccccc1Oc1c(C)oc2c3c(ccc2c1=O)OCN(CCCN1CCOCC1)C3. The first-order valence-corrected chi connectivity index (χ1v) is 11.7. The lowest BCUT2D eigenvalue weighted by Gasteiger charge is -2.31. The average molecular weight is 467 g/mol. The molecule has 0 atom stereocenters. The maximum absolute atomic E-state index is 13.4. The van der Waals surface area contributed by atoms with Crippen LogP contribution < -0.4 is 19.6 Å². The molecule has 180 valence electrons. The first-order valence-electron chi connectivity index (χ1n) is 11.7. The molecule has 0 saturated carbocycles. The highest BCUT2D eigenvalue weighted by Crippen LogP contribution is 2.36. The number of rotatable bonds is 7. The van der Waals surface area contributed by atoms with Crippen molar-refractivity contribution in [2.24, 2.45) is 0 Å². The predicted octanol–water partition coefficient (Wildman–Crippen LogP) is 3.78. The van der Waals surface area contributed by atoms with Gasteiger partial charge in [-0.2, -0.15) is 0 Å². The van der Waals surface area contributed by atoms with Gasteiger partial charge < -0.3 is 23.4 Å². The van der Waals surface area contributed by atoms with E-state index in [0.29, 0.717) is 41.5 Å². The Morgan fingerprint density at radius 1 is 1.00 bits per heavy atom. The van der Waals surface area contributed by atoms with Crippen molar-refractivity contribution in [3.8, 4) is 23.0 Å². The minimum atomic E-state index is -0.211. The number of hydrogen-bond donors (Lipinski definition) is 0. The average Bonchev–Trinajstić information content (AvgIpc) is 2.87. The van der Waals surface area contributed by atoms with Crippen LogP contribution in [0.25, 0.3) is 11.0 Å². The van der Waals surface area contributed by atoms with Crippen molar-refractivity contribution in [2.45, 2.75) is 19.9 Å². The van der Waals surface area contributed by atoms with Crippen molar-refractivity contribution in [3.63, 3.8) is 0 Å². The monoisotopic (exact) mass is 466 g/mol. The number of para-hydroxylation sites is 2. The van der Waals surface area contributed by atoms with Crippen LogP contribution in [0.15, 0.2) is 45.6 Å². The van der Waals surface area contributed by atoms with Gasteiger partial charge in [0.15, 0.2) is 11.5 Å². The lowest BCUT2D eigenvalue weighted by atomic mass is 10.1. The molecule has 0 radical (unpaired) electrons. The molecule has 2 aliphatic rings. The summed E-state index contributed by atoms with van der Waals surface area (Å²) in [6.45, 7) is 8.51. The van der Waals surface area contributed by atoms with E-state index in [9.17, 15) is 4.79 Å². The summed E-state index contributed by atoms with van der Waals surface area (Å²) < 4.78 is 28.9. The Balaban J connectivity index is 1.37. The van der Waals surface area contributed by atoms with Crippen molar-refractivity contribution in [2.75, 3.05) is 53.2 Å². The molecule has 3 aromatic rings. The Hall–Kier alpha value is -3.07. The molecular weight excluding hydrogens is 436 g/mol. The molecule has 1 saturated heterocycles. The second kappa shape index (κ2) is 10.0. The zero-order chi connectivity index (χ0) is 23.5. The minimum Gasteiger partial charge on any atom is -0.493 e. The third kappa shape index (κ3) is 4.61. The molecule has 0 amide bonds. The van der Waals surface area contributed by atoms with E-state index in [2.05, 4.69) is 9.80 Å². The normalized spacial score (nSPS) is 16.8. The minimum absolute atomic E-state index is 0.163. The standard InChI is InChI=1S/C26H30N2O6/c1-18-25(34-23-7-4-3-6-22(23)30-2)24(29)19-8-9-21-20(26(19)33-18)16-28(17-32-21)11-5-10-27-12-14-31-15-13-27/h3-4,6-9H,5,10-17H2,1-2H3. The first-order chi connectivity index (χ1) is 16.6. The second-order valence-corrected chi connectivity index (χ2v) is 8.62. The summed E-state index contributed by atoms with van der Waals surface area (Å²) in [5.41, 5.74) is 1.25. The van der Waals surface area contributed by atoms with Crippen LogP contribution in [0.2, 0.25) is 0 Å². The molecule has 8 heteroatoms. The maximum atomic E-state index is 13.4. The molecule has 0 bridgehead atoms. The van der Waals surface area contributed by atoms with Crippen molar-refractivity contribution in [1.29, 1.82) is 0 Å². The molecule has 2 aromatic carbocycles. The molecule has 0 unspecified atom stereocenters. The van der Waals surface area contributed by atoms with E-state index in [1.54, 1.807) is 32.2 Å². The number of benzene rings is 2. The van der Waals surface area contributed by atoms with Crippen LogP contribution in [0.1, 0.15) is 17.7 Å². The number of nitrogens with zero attached hydrogens (tertiary/aromatic N) is 2. The van der Waals surface area contributed by atoms with E-state index < -0.39 is 0 Å². The lowest BCUT2D eigenvalue weighted by Crippen LogP contribution is -2.39. The Labute approximate surface area is 198 Å². The number of methoxy groups -OCH3 is 1. The quantitative estimate of drug-likeness (QED) is 0.521. The lowest BCUT2D eigenvalue weighted by molar-refractivity contribution is 0.0330. The largest absolute Gasteiger partial charge is 0.493 e. The summed E-state index contributed by atoms with van der Waals surface area (Å²) in [7, 11) is 1.57. The van der Waals surface area contributed by atoms with Crippen LogP contribution in [0.3, 0.4) is 0 Å². The molecule has 8 nitrogen and oxygen atoms in total. The molecule has 0 spiro atoms. The number of hydrogen-bond acceptors (Lipinski definition) is 8. The fraction of sp³-hybridized carbons (Fsp3) is 0.423. The van der Waals surface area contributed by atoms with Gasteiger partial charge in [0.2, 0.25) is 11.2 Å². The summed E-state index contributed by atoms with van der Waals surface area (Å²) in [5.74, 6) is 2.36. The predicted molar refractivity (Wildman–Crippen MR) is 128 cm³/mol. The third-order valence-corrected chi connectivity index (χ3v) is 6.36. The molecule has 3 heterocycles. The van der Waals surface area contributed by atoms with Crippen LogP contribution >= 0.6 is 0 Å². The number of morpholine rings is 1. The zero-order valence-corrected chi connectivity index (χ0v) is 19.7. The van der Waals surface area contributed by atoms with E-state index in [4.69, 9.17) is 23.4 Å². The fourth-order valence-electron chi connectivity index (χ4n) is 4.52. The summed E-state index contributed by atoms with van der Waals surface area (Å²) in [5, 5.41) is 0.480. The Bertz CT molecular complexity index is 1220. The maximum Gasteiger partial charge on any atom is 0.235 e. The number of ether oxygens (including phenoxy) is 4. The van der Waals surface area contributed by atoms with Crippen molar-refractivity contribution < 1.29 is 23.4 Å². The van der Waals surface area contributed by atoms with E-state index in [-0.39, 0.29) is 11.2 Å². The Kier molecular flexibility index (Phi) is 6.71. The molecule has 1 fully saturated rings. The van der Waals surface area contributed by atoms with Gasteiger partial charge in [0, 0.05) is 26.2 Å². The molecular formula is C26H30N2O6. The highest BCUT2D eigenvalue weighted by atomic mass is 16.5. The summed E-state index contributed by atoms with van der Waals surface area (Å²) >= 11 is 0. The van der Waals surface area contributed by atoms with Gasteiger partial charge in [0.1, 0.15) is 23.8 Å². The third-order valence-electron chi connectivity index (χ3n) is 6.36. The van der Waals surface area contributed by atoms with E-state index in [1.807, 2.05) is 18.2 Å².